The molecule has 0 unspecified atom stereocenters. The van der Waals surface area contributed by atoms with Gasteiger partial charge in [0.15, 0.2) is 0 Å². The summed E-state index contributed by atoms with van der Waals surface area (Å²) in [6.07, 6.45) is 0. The van der Waals surface area contributed by atoms with E-state index < -0.39 is 6.72 Å². The van der Waals surface area contributed by atoms with Gasteiger partial charge in [-0.25, -0.2) is 0 Å². The van der Waals surface area contributed by atoms with Gasteiger partial charge in [-0.3, -0.25) is 0 Å². The van der Waals surface area contributed by atoms with Crippen molar-refractivity contribution >= 4 is 18.5 Å². The summed E-state index contributed by atoms with van der Waals surface area (Å²) in [7, 11) is 0. The monoisotopic (exact) mass is 186 g/mol. The van der Waals surface area contributed by atoms with E-state index in [1.807, 2.05) is 0 Å². The molecule has 1 atom stereocenters. The first-order valence-electron chi connectivity index (χ1n) is 2.61. The highest BCUT2D eigenvalue weighted by Crippen LogP contribution is 2.35. The van der Waals surface area contributed by atoms with E-state index in [4.69, 9.17) is 21.3 Å². The predicted molar refractivity (Wildman–Crippen MR) is 41.7 cm³/mol. The van der Waals surface area contributed by atoms with Crippen LogP contribution in [0.25, 0.3) is 0 Å². The first-order chi connectivity index (χ1) is 4.45. The summed E-state index contributed by atoms with van der Waals surface area (Å²) >= 11 is 4.15. The number of hydrogen-bond acceptors (Lipinski definition) is 4. The molecule has 0 aliphatic heterocycles. The van der Waals surface area contributed by atoms with E-state index in [0.717, 1.165) is 0 Å². The average molecular weight is 186 g/mol. The van der Waals surface area contributed by atoms with Crippen molar-refractivity contribution in [2.75, 3.05) is 13.2 Å². The number of hydrogen-bond donors (Lipinski definition) is 4. The van der Waals surface area contributed by atoms with Crippen LogP contribution in [-0.4, -0.2) is 29.0 Å². The zero-order chi connectivity index (χ0) is 8.20. The van der Waals surface area contributed by atoms with E-state index in [-0.39, 0.29) is 19.2 Å². The van der Waals surface area contributed by atoms with Crippen LogP contribution in [0.15, 0.2) is 0 Å². The summed E-state index contributed by atoms with van der Waals surface area (Å²) in [6, 6.07) is -0.387. The second kappa shape index (κ2) is 4.35. The van der Waals surface area contributed by atoms with Crippen molar-refractivity contribution in [3.63, 3.8) is 0 Å². The molecule has 0 aromatic rings. The van der Waals surface area contributed by atoms with Gasteiger partial charge in [-0.1, -0.05) is 0 Å². The van der Waals surface area contributed by atoms with Crippen LogP contribution >= 0.6 is 6.72 Å². The lowest BCUT2D eigenvalue weighted by molar-refractivity contribution is 0.236. The fourth-order valence-corrected chi connectivity index (χ4v) is 0.829. The van der Waals surface area contributed by atoms with Crippen LogP contribution in [0.4, 0.5) is 0 Å². The lowest BCUT2D eigenvalue weighted by Crippen LogP contribution is -2.33. The second-order valence-electron chi connectivity index (χ2n) is 1.78. The third-order valence-electron chi connectivity index (χ3n) is 0.760. The average Bonchev–Trinajstić information content (AvgIpc) is 1.81. The molecule has 10 heavy (non-hydrogen) atoms. The fourth-order valence-electron chi connectivity index (χ4n) is 0.261. The molecule has 0 aliphatic rings. The Labute approximate surface area is 64.2 Å². The SMILES string of the molecule is NC[C@H](N)COP(O)(O)=S. The largest absolute Gasteiger partial charge is 0.329 e. The Balaban J connectivity index is 3.46. The summed E-state index contributed by atoms with van der Waals surface area (Å²) in [5, 5.41) is 0. The van der Waals surface area contributed by atoms with Crippen LogP contribution in [0.1, 0.15) is 0 Å². The van der Waals surface area contributed by atoms with Crippen LogP contribution < -0.4 is 11.5 Å². The predicted octanol–water partition coefficient (Wildman–Crippen LogP) is -1.50. The highest BCUT2D eigenvalue weighted by molar-refractivity contribution is 8.06. The lowest BCUT2D eigenvalue weighted by atomic mass is 10.3. The van der Waals surface area contributed by atoms with Crippen LogP contribution in [0.2, 0.25) is 0 Å². The Bertz CT molecular complexity index is 138. The van der Waals surface area contributed by atoms with Gasteiger partial charge in [-0.2, -0.15) is 0 Å². The van der Waals surface area contributed by atoms with Gasteiger partial charge < -0.3 is 25.8 Å². The highest BCUT2D eigenvalue weighted by atomic mass is 32.5. The van der Waals surface area contributed by atoms with E-state index in [1.165, 1.54) is 0 Å². The standard InChI is InChI=1S/C3H11N2O3PS/c4-1-3(5)2-8-9(6,7)10/h3H,1-2,4-5H2,(H2,6,7,10)/t3-/m0/s1. The molecule has 0 aliphatic carbocycles. The van der Waals surface area contributed by atoms with Crippen LogP contribution in [-0.2, 0) is 16.3 Å². The van der Waals surface area contributed by atoms with Crippen molar-refractivity contribution in [3.05, 3.63) is 0 Å². The summed E-state index contributed by atoms with van der Waals surface area (Å²) in [5.41, 5.74) is 10.4. The van der Waals surface area contributed by atoms with Crippen LogP contribution in [0.3, 0.4) is 0 Å². The first kappa shape index (κ1) is 10.4. The Hall–Kier alpha value is 0.450. The molecule has 0 saturated heterocycles. The minimum absolute atomic E-state index is 0.0131. The smallest absolute Gasteiger partial charge is 0.321 e. The van der Waals surface area contributed by atoms with Crippen molar-refractivity contribution in [1.82, 2.24) is 0 Å². The molecule has 0 fully saturated rings. The molecule has 0 saturated carbocycles. The maximum atomic E-state index is 8.52. The van der Waals surface area contributed by atoms with Gasteiger partial charge >= 0.3 is 6.72 Å². The Morgan fingerprint density at radius 1 is 1.60 bits per heavy atom. The maximum absolute atomic E-state index is 8.52. The van der Waals surface area contributed by atoms with Crippen molar-refractivity contribution < 1.29 is 14.3 Å². The van der Waals surface area contributed by atoms with Gasteiger partial charge in [0, 0.05) is 12.6 Å². The van der Waals surface area contributed by atoms with Crippen molar-refractivity contribution in [3.8, 4) is 0 Å². The number of nitrogens with two attached hydrogens (primary N) is 2. The summed E-state index contributed by atoms with van der Waals surface area (Å²) in [5.74, 6) is 0. The molecule has 0 spiro atoms. The molecule has 5 nitrogen and oxygen atoms in total. The van der Waals surface area contributed by atoms with Gasteiger partial charge in [0.25, 0.3) is 0 Å². The molecule has 0 aromatic heterocycles. The summed E-state index contributed by atoms with van der Waals surface area (Å²) in [4.78, 5) is 17.0. The van der Waals surface area contributed by atoms with E-state index in [0.29, 0.717) is 0 Å². The van der Waals surface area contributed by atoms with Crippen LogP contribution in [0.5, 0.6) is 0 Å². The molecule has 7 heteroatoms. The van der Waals surface area contributed by atoms with Gasteiger partial charge in [0.2, 0.25) is 0 Å². The van der Waals surface area contributed by atoms with Gasteiger partial charge in [0.1, 0.15) is 0 Å². The first-order valence-corrected chi connectivity index (χ1v) is 5.24. The maximum Gasteiger partial charge on any atom is 0.321 e. The molecule has 0 heterocycles. The topological polar surface area (TPSA) is 102 Å². The zero-order valence-corrected chi connectivity index (χ0v) is 7.02. The van der Waals surface area contributed by atoms with E-state index in [2.05, 4.69) is 16.3 Å². The van der Waals surface area contributed by atoms with Gasteiger partial charge in [-0.15, -0.1) is 0 Å². The molecular formula is C3H11N2O3PS. The van der Waals surface area contributed by atoms with Crippen molar-refractivity contribution in [2.24, 2.45) is 11.5 Å². The summed E-state index contributed by atoms with van der Waals surface area (Å²) in [6.45, 7) is -3.32. The molecule has 62 valence electrons. The third-order valence-corrected chi connectivity index (χ3v) is 1.56. The van der Waals surface area contributed by atoms with E-state index >= 15 is 0 Å². The normalized spacial score (nSPS) is 15.2. The van der Waals surface area contributed by atoms with E-state index in [9.17, 15) is 0 Å². The van der Waals surface area contributed by atoms with E-state index in [1.54, 1.807) is 0 Å². The van der Waals surface area contributed by atoms with Gasteiger partial charge in [-0.05, 0) is 11.8 Å². The molecule has 0 amide bonds. The molecule has 0 radical (unpaired) electrons. The quantitative estimate of drug-likeness (QED) is 0.398. The number of rotatable bonds is 4. The molecule has 0 rings (SSSR count). The van der Waals surface area contributed by atoms with Crippen molar-refractivity contribution in [1.29, 1.82) is 0 Å². The lowest BCUT2D eigenvalue weighted by Gasteiger charge is -2.11. The molecule has 0 bridgehead atoms. The summed E-state index contributed by atoms with van der Waals surface area (Å²) < 4.78 is 4.41. The molecular weight excluding hydrogens is 175 g/mol. The Morgan fingerprint density at radius 2 is 2.10 bits per heavy atom. The minimum atomic E-state index is -3.53. The highest BCUT2D eigenvalue weighted by Gasteiger charge is 2.09. The molecule has 0 aromatic carbocycles. The van der Waals surface area contributed by atoms with Crippen molar-refractivity contribution in [2.45, 2.75) is 6.04 Å². The minimum Gasteiger partial charge on any atom is -0.329 e. The zero-order valence-electron chi connectivity index (χ0n) is 5.30. The molecule has 6 N–H and O–H groups in total. The second-order valence-corrected chi connectivity index (χ2v) is 4.45. The third kappa shape index (κ3) is 6.57. The van der Waals surface area contributed by atoms with Gasteiger partial charge in [0.05, 0.1) is 6.61 Å². The van der Waals surface area contributed by atoms with Crippen LogP contribution in [0, 0.1) is 0 Å². The Morgan fingerprint density at radius 3 is 2.40 bits per heavy atom. The Kier molecular flexibility index (Phi) is 4.55. The fraction of sp³-hybridized carbons (Fsp3) is 1.00.